The Labute approximate surface area is 125 Å². The number of carbonyl (C=O) groups excluding carboxylic acids is 2. The van der Waals surface area contributed by atoms with Crippen molar-refractivity contribution in [3.05, 3.63) is 11.9 Å². The van der Waals surface area contributed by atoms with Crippen LogP contribution in [0.25, 0.3) is 0 Å². The number of ether oxygens (including phenoxy) is 2. The number of amides is 1. The van der Waals surface area contributed by atoms with Crippen molar-refractivity contribution in [2.75, 3.05) is 13.2 Å². The third kappa shape index (κ3) is 11.9. The van der Waals surface area contributed by atoms with Crippen molar-refractivity contribution < 1.29 is 23.5 Å². The Morgan fingerprint density at radius 2 is 1.86 bits per heavy atom. The molecule has 0 bridgehead atoms. The fourth-order valence-electron chi connectivity index (χ4n) is 1.46. The van der Waals surface area contributed by atoms with Crippen molar-refractivity contribution in [3.8, 4) is 0 Å². The van der Waals surface area contributed by atoms with E-state index >= 15 is 0 Å². The Hall–Kier alpha value is -1.59. The average molecular weight is 303 g/mol. The van der Waals surface area contributed by atoms with Crippen LogP contribution in [0.5, 0.6) is 0 Å². The second-order valence-electron chi connectivity index (χ2n) is 5.55. The summed E-state index contributed by atoms with van der Waals surface area (Å²) in [4.78, 5) is 22.3. The number of rotatable bonds is 8. The minimum atomic E-state index is -0.913. The molecule has 21 heavy (non-hydrogen) atoms. The summed E-state index contributed by atoms with van der Waals surface area (Å²) in [6, 6.07) is 0. The molecule has 0 aromatic carbocycles. The van der Waals surface area contributed by atoms with Gasteiger partial charge in [0.15, 0.2) is 0 Å². The van der Waals surface area contributed by atoms with Gasteiger partial charge in [0.1, 0.15) is 5.60 Å². The van der Waals surface area contributed by atoms with E-state index in [9.17, 15) is 14.0 Å². The molecule has 0 atom stereocenters. The monoisotopic (exact) mass is 303 g/mol. The van der Waals surface area contributed by atoms with Gasteiger partial charge in [0.2, 0.25) is 5.83 Å². The predicted molar refractivity (Wildman–Crippen MR) is 78.5 cm³/mol. The number of carbonyl (C=O) groups is 2. The molecule has 0 saturated heterocycles. The maximum atomic E-state index is 13.1. The summed E-state index contributed by atoms with van der Waals surface area (Å²) in [6.07, 6.45) is 3.60. The van der Waals surface area contributed by atoms with Gasteiger partial charge in [-0.15, -0.1) is 0 Å². The fourth-order valence-corrected chi connectivity index (χ4v) is 1.46. The van der Waals surface area contributed by atoms with E-state index in [-0.39, 0.29) is 6.61 Å². The van der Waals surface area contributed by atoms with E-state index in [1.54, 1.807) is 27.7 Å². The number of hydrogen-bond acceptors (Lipinski definition) is 4. The van der Waals surface area contributed by atoms with Crippen LogP contribution in [0.3, 0.4) is 0 Å². The molecule has 1 amide bonds. The van der Waals surface area contributed by atoms with E-state index in [4.69, 9.17) is 4.74 Å². The van der Waals surface area contributed by atoms with Crippen LogP contribution in [-0.2, 0) is 14.3 Å². The van der Waals surface area contributed by atoms with Gasteiger partial charge in [0.05, 0.1) is 6.61 Å². The molecule has 122 valence electrons. The molecule has 0 aromatic heterocycles. The third-order valence-corrected chi connectivity index (χ3v) is 2.34. The normalized spacial score (nSPS) is 12.0. The van der Waals surface area contributed by atoms with Gasteiger partial charge in [-0.2, -0.15) is 4.39 Å². The molecule has 0 radical (unpaired) electrons. The summed E-state index contributed by atoms with van der Waals surface area (Å²) in [5.41, 5.74) is -0.500. The highest BCUT2D eigenvalue weighted by Gasteiger charge is 2.15. The lowest BCUT2D eigenvalue weighted by atomic mass is 10.2. The molecule has 0 fully saturated rings. The van der Waals surface area contributed by atoms with Crippen molar-refractivity contribution in [1.82, 2.24) is 5.32 Å². The molecule has 0 aliphatic rings. The Bertz CT molecular complexity index is 361. The summed E-state index contributed by atoms with van der Waals surface area (Å²) >= 11 is 0. The SMILES string of the molecule is CCOC(=O)C(F)=CCCCCCNC(=O)OC(C)(C)C. The van der Waals surface area contributed by atoms with Gasteiger partial charge >= 0.3 is 12.1 Å². The van der Waals surface area contributed by atoms with Crippen LogP contribution in [0, 0.1) is 0 Å². The van der Waals surface area contributed by atoms with Crippen LogP contribution in [-0.4, -0.2) is 30.8 Å². The maximum absolute atomic E-state index is 13.1. The summed E-state index contributed by atoms with van der Waals surface area (Å²) in [5, 5.41) is 2.65. The molecule has 0 aliphatic carbocycles. The van der Waals surface area contributed by atoms with E-state index in [0.29, 0.717) is 13.0 Å². The van der Waals surface area contributed by atoms with Gasteiger partial charge in [-0.05, 0) is 53.0 Å². The molecule has 6 heteroatoms. The number of halogens is 1. The van der Waals surface area contributed by atoms with Gasteiger partial charge in [-0.3, -0.25) is 0 Å². The van der Waals surface area contributed by atoms with E-state index in [0.717, 1.165) is 19.3 Å². The molecule has 0 aliphatic heterocycles. The Kier molecular flexibility index (Phi) is 9.41. The Morgan fingerprint density at radius 3 is 2.43 bits per heavy atom. The van der Waals surface area contributed by atoms with Crippen LogP contribution in [0.1, 0.15) is 53.4 Å². The van der Waals surface area contributed by atoms with E-state index < -0.39 is 23.5 Å². The zero-order valence-corrected chi connectivity index (χ0v) is 13.3. The highest BCUT2D eigenvalue weighted by atomic mass is 19.1. The van der Waals surface area contributed by atoms with Crippen molar-refractivity contribution >= 4 is 12.1 Å². The summed E-state index contributed by atoms with van der Waals surface area (Å²) in [7, 11) is 0. The Balaban J connectivity index is 3.63. The first-order valence-electron chi connectivity index (χ1n) is 7.26. The number of unbranched alkanes of at least 4 members (excludes halogenated alkanes) is 3. The summed E-state index contributed by atoms with van der Waals surface area (Å²) in [6.45, 7) is 7.71. The number of esters is 1. The summed E-state index contributed by atoms with van der Waals surface area (Å²) < 4.78 is 22.7. The lowest BCUT2D eigenvalue weighted by Gasteiger charge is -2.19. The topological polar surface area (TPSA) is 64.6 Å². The average Bonchev–Trinajstić information content (AvgIpc) is 2.35. The number of alkyl carbamates (subject to hydrolysis) is 1. The zero-order chi connectivity index (χ0) is 16.3. The minimum Gasteiger partial charge on any atom is -0.461 e. The molecule has 0 unspecified atom stereocenters. The largest absolute Gasteiger partial charge is 0.461 e. The van der Waals surface area contributed by atoms with Crippen molar-refractivity contribution in [2.24, 2.45) is 0 Å². The molecule has 0 saturated carbocycles. The lowest BCUT2D eigenvalue weighted by Crippen LogP contribution is -2.32. The smallest absolute Gasteiger partial charge is 0.407 e. The fraction of sp³-hybridized carbons (Fsp3) is 0.733. The van der Waals surface area contributed by atoms with Crippen LogP contribution >= 0.6 is 0 Å². The van der Waals surface area contributed by atoms with Crippen molar-refractivity contribution in [2.45, 2.75) is 59.0 Å². The molecular weight excluding hydrogens is 277 g/mol. The highest BCUT2D eigenvalue weighted by molar-refractivity contribution is 5.85. The second kappa shape index (κ2) is 10.2. The van der Waals surface area contributed by atoms with Gasteiger partial charge in [-0.25, -0.2) is 9.59 Å². The zero-order valence-electron chi connectivity index (χ0n) is 13.3. The highest BCUT2D eigenvalue weighted by Crippen LogP contribution is 2.08. The molecule has 0 rings (SSSR count). The maximum Gasteiger partial charge on any atom is 0.407 e. The second-order valence-corrected chi connectivity index (χ2v) is 5.55. The first kappa shape index (κ1) is 19.4. The van der Waals surface area contributed by atoms with E-state index in [1.807, 2.05) is 0 Å². The quantitative estimate of drug-likeness (QED) is 0.423. The molecule has 5 nitrogen and oxygen atoms in total. The van der Waals surface area contributed by atoms with Gasteiger partial charge in [-0.1, -0.05) is 6.42 Å². The lowest BCUT2D eigenvalue weighted by molar-refractivity contribution is -0.140. The van der Waals surface area contributed by atoms with Crippen LogP contribution in [0.2, 0.25) is 0 Å². The van der Waals surface area contributed by atoms with Crippen LogP contribution < -0.4 is 5.32 Å². The molecule has 0 aromatic rings. The minimum absolute atomic E-state index is 0.163. The van der Waals surface area contributed by atoms with Gasteiger partial charge < -0.3 is 14.8 Å². The van der Waals surface area contributed by atoms with Gasteiger partial charge in [0.25, 0.3) is 0 Å². The Morgan fingerprint density at radius 1 is 1.19 bits per heavy atom. The number of nitrogens with one attached hydrogen (secondary N) is 1. The molecular formula is C15H26FNO4. The summed E-state index contributed by atoms with van der Waals surface area (Å²) in [5.74, 6) is -1.76. The van der Waals surface area contributed by atoms with Gasteiger partial charge in [0, 0.05) is 6.54 Å². The molecule has 0 spiro atoms. The van der Waals surface area contributed by atoms with E-state index in [2.05, 4.69) is 10.1 Å². The predicted octanol–water partition coefficient (Wildman–Crippen LogP) is 3.49. The first-order valence-corrected chi connectivity index (χ1v) is 7.26. The third-order valence-electron chi connectivity index (χ3n) is 2.34. The number of hydrogen-bond donors (Lipinski definition) is 1. The molecule has 1 N–H and O–H groups in total. The van der Waals surface area contributed by atoms with E-state index in [1.165, 1.54) is 6.08 Å². The molecule has 0 heterocycles. The van der Waals surface area contributed by atoms with Crippen molar-refractivity contribution in [1.29, 1.82) is 0 Å². The first-order chi connectivity index (χ1) is 9.76. The van der Waals surface area contributed by atoms with Crippen LogP contribution in [0.15, 0.2) is 11.9 Å². The number of allylic oxidation sites excluding steroid dienone is 1. The standard InChI is InChI=1S/C15H26FNO4/c1-5-20-13(18)12(16)10-8-6-7-9-11-17-14(19)21-15(2,3)4/h10H,5-9,11H2,1-4H3,(H,17,19). The van der Waals surface area contributed by atoms with Crippen molar-refractivity contribution in [3.63, 3.8) is 0 Å². The van der Waals surface area contributed by atoms with Crippen LogP contribution in [0.4, 0.5) is 9.18 Å².